The molecule has 3 nitrogen and oxygen atoms in total. The van der Waals surface area contributed by atoms with Gasteiger partial charge in [0, 0.05) is 4.88 Å². The summed E-state index contributed by atoms with van der Waals surface area (Å²) in [5.41, 5.74) is 1.38. The Morgan fingerprint density at radius 2 is 1.73 bits per heavy atom. The standard InChI is InChI=1S/C17H19BO3S/c1-16(2)17(3,4)21-18(20-16)13-7-5-6-12(10-13)15-9-8-14(11-19)22-15/h5-11H,1-4H3. The van der Waals surface area contributed by atoms with E-state index in [0.29, 0.717) is 0 Å². The Labute approximate surface area is 135 Å². The summed E-state index contributed by atoms with van der Waals surface area (Å²) in [5.74, 6) is 0. The van der Waals surface area contributed by atoms with Gasteiger partial charge in [-0.15, -0.1) is 11.3 Å². The van der Waals surface area contributed by atoms with Crippen LogP contribution in [0.4, 0.5) is 0 Å². The van der Waals surface area contributed by atoms with Crippen LogP contribution in [0.2, 0.25) is 0 Å². The summed E-state index contributed by atoms with van der Waals surface area (Å²) >= 11 is 1.49. The third kappa shape index (κ3) is 2.64. The number of carbonyl (C=O) groups is 1. The lowest BCUT2D eigenvalue weighted by atomic mass is 9.78. The van der Waals surface area contributed by atoms with Gasteiger partial charge >= 0.3 is 7.12 Å². The molecule has 0 bridgehead atoms. The number of thiophene rings is 1. The molecule has 22 heavy (non-hydrogen) atoms. The molecule has 0 aliphatic carbocycles. The Bertz CT molecular complexity index is 689. The van der Waals surface area contributed by atoms with E-state index in [-0.39, 0.29) is 18.3 Å². The second-order valence-corrected chi connectivity index (χ2v) is 7.65. The van der Waals surface area contributed by atoms with Gasteiger partial charge in [-0.05, 0) is 50.9 Å². The summed E-state index contributed by atoms with van der Waals surface area (Å²) in [5, 5.41) is 0. The van der Waals surface area contributed by atoms with Crippen LogP contribution in [-0.4, -0.2) is 24.6 Å². The van der Waals surface area contributed by atoms with Crippen LogP contribution in [0.5, 0.6) is 0 Å². The van der Waals surface area contributed by atoms with Crippen molar-refractivity contribution in [2.75, 3.05) is 0 Å². The van der Waals surface area contributed by atoms with E-state index in [0.717, 1.165) is 27.1 Å². The minimum absolute atomic E-state index is 0.346. The lowest BCUT2D eigenvalue weighted by Gasteiger charge is -2.32. The molecule has 5 heteroatoms. The highest BCUT2D eigenvalue weighted by molar-refractivity contribution is 7.17. The molecule has 1 aliphatic heterocycles. The van der Waals surface area contributed by atoms with Crippen LogP contribution in [-0.2, 0) is 9.31 Å². The first kappa shape index (κ1) is 15.5. The number of carbonyl (C=O) groups excluding carboxylic acids is 1. The fourth-order valence-electron chi connectivity index (χ4n) is 2.39. The van der Waals surface area contributed by atoms with Gasteiger partial charge in [-0.2, -0.15) is 0 Å². The van der Waals surface area contributed by atoms with Crippen LogP contribution >= 0.6 is 11.3 Å². The molecule has 0 saturated carbocycles. The molecule has 1 saturated heterocycles. The van der Waals surface area contributed by atoms with Crippen molar-refractivity contribution in [1.82, 2.24) is 0 Å². The average molecular weight is 314 g/mol. The summed E-state index contributed by atoms with van der Waals surface area (Å²) in [6, 6.07) is 11.9. The molecular formula is C17H19BO3S. The third-order valence-electron chi connectivity index (χ3n) is 4.44. The van der Waals surface area contributed by atoms with Crippen LogP contribution in [0.3, 0.4) is 0 Å². The number of hydrogen-bond donors (Lipinski definition) is 0. The van der Waals surface area contributed by atoms with Crippen molar-refractivity contribution in [3.8, 4) is 10.4 Å². The minimum Gasteiger partial charge on any atom is -0.399 e. The number of rotatable bonds is 3. The van der Waals surface area contributed by atoms with E-state index < -0.39 is 0 Å². The predicted molar refractivity (Wildman–Crippen MR) is 90.9 cm³/mol. The average Bonchev–Trinajstić information content (AvgIpc) is 3.02. The van der Waals surface area contributed by atoms with Gasteiger partial charge < -0.3 is 9.31 Å². The quantitative estimate of drug-likeness (QED) is 0.642. The zero-order valence-corrected chi connectivity index (χ0v) is 14.1. The number of benzene rings is 1. The molecule has 1 aromatic heterocycles. The summed E-state index contributed by atoms with van der Waals surface area (Å²) in [7, 11) is -0.365. The predicted octanol–water partition coefficient (Wildman–Crippen LogP) is 3.53. The van der Waals surface area contributed by atoms with Crippen LogP contribution in [0.15, 0.2) is 36.4 Å². The molecule has 0 spiro atoms. The van der Waals surface area contributed by atoms with Gasteiger partial charge in [0.05, 0.1) is 16.1 Å². The van der Waals surface area contributed by atoms with Crippen molar-refractivity contribution in [1.29, 1.82) is 0 Å². The second-order valence-electron chi connectivity index (χ2n) is 6.53. The first-order chi connectivity index (χ1) is 10.3. The van der Waals surface area contributed by atoms with Gasteiger partial charge in [-0.3, -0.25) is 4.79 Å². The Hall–Kier alpha value is -1.43. The van der Waals surface area contributed by atoms with Crippen molar-refractivity contribution in [2.24, 2.45) is 0 Å². The lowest BCUT2D eigenvalue weighted by molar-refractivity contribution is 0.00578. The molecule has 1 aromatic carbocycles. The maximum atomic E-state index is 10.8. The maximum absolute atomic E-state index is 10.8. The van der Waals surface area contributed by atoms with E-state index in [1.165, 1.54) is 11.3 Å². The van der Waals surface area contributed by atoms with E-state index in [9.17, 15) is 4.79 Å². The first-order valence-corrected chi connectivity index (χ1v) is 8.15. The smallest absolute Gasteiger partial charge is 0.399 e. The Kier molecular flexibility index (Phi) is 3.75. The fourth-order valence-corrected chi connectivity index (χ4v) is 3.21. The zero-order chi connectivity index (χ0) is 16.0. The van der Waals surface area contributed by atoms with Crippen LogP contribution in [0.1, 0.15) is 37.4 Å². The monoisotopic (exact) mass is 314 g/mol. The highest BCUT2D eigenvalue weighted by Crippen LogP contribution is 2.36. The van der Waals surface area contributed by atoms with Gasteiger partial charge in [-0.25, -0.2) is 0 Å². The molecular weight excluding hydrogens is 295 g/mol. The lowest BCUT2D eigenvalue weighted by Crippen LogP contribution is -2.41. The highest BCUT2D eigenvalue weighted by atomic mass is 32.1. The van der Waals surface area contributed by atoms with E-state index in [4.69, 9.17) is 9.31 Å². The molecule has 0 N–H and O–H groups in total. The van der Waals surface area contributed by atoms with Gasteiger partial charge in [0.25, 0.3) is 0 Å². The van der Waals surface area contributed by atoms with Gasteiger partial charge in [-0.1, -0.05) is 24.3 Å². The molecule has 2 heterocycles. The fraction of sp³-hybridized carbons (Fsp3) is 0.353. The van der Waals surface area contributed by atoms with Gasteiger partial charge in [0.15, 0.2) is 6.29 Å². The number of hydrogen-bond acceptors (Lipinski definition) is 4. The van der Waals surface area contributed by atoms with E-state index in [2.05, 4.69) is 6.07 Å². The molecule has 0 atom stereocenters. The molecule has 0 amide bonds. The number of aldehydes is 1. The Morgan fingerprint density at radius 1 is 1.05 bits per heavy atom. The van der Waals surface area contributed by atoms with Gasteiger partial charge in [0.2, 0.25) is 0 Å². The third-order valence-corrected chi connectivity index (χ3v) is 5.50. The molecule has 1 fully saturated rings. The largest absolute Gasteiger partial charge is 0.494 e. The van der Waals surface area contributed by atoms with Crippen molar-refractivity contribution in [3.63, 3.8) is 0 Å². The van der Waals surface area contributed by atoms with Crippen molar-refractivity contribution < 1.29 is 14.1 Å². The topological polar surface area (TPSA) is 35.5 Å². The van der Waals surface area contributed by atoms with E-state index >= 15 is 0 Å². The Morgan fingerprint density at radius 3 is 2.32 bits per heavy atom. The van der Waals surface area contributed by atoms with Crippen molar-refractivity contribution in [2.45, 2.75) is 38.9 Å². The summed E-state index contributed by atoms with van der Waals surface area (Å²) in [6.45, 7) is 8.19. The molecule has 114 valence electrons. The zero-order valence-electron chi connectivity index (χ0n) is 13.3. The second kappa shape index (κ2) is 5.34. The maximum Gasteiger partial charge on any atom is 0.494 e. The SMILES string of the molecule is CC1(C)OB(c2cccc(-c3ccc(C=O)s3)c2)OC1(C)C. The highest BCUT2D eigenvalue weighted by Gasteiger charge is 2.51. The summed E-state index contributed by atoms with van der Waals surface area (Å²) < 4.78 is 12.2. The molecule has 0 unspecified atom stereocenters. The minimum atomic E-state index is -0.365. The van der Waals surface area contributed by atoms with Crippen molar-refractivity contribution in [3.05, 3.63) is 41.3 Å². The molecule has 3 rings (SSSR count). The summed E-state index contributed by atoms with van der Waals surface area (Å²) in [6.07, 6.45) is 0.881. The van der Waals surface area contributed by atoms with Crippen molar-refractivity contribution >= 4 is 30.2 Å². The summed E-state index contributed by atoms with van der Waals surface area (Å²) in [4.78, 5) is 12.6. The van der Waals surface area contributed by atoms with E-state index in [1.54, 1.807) is 0 Å². The first-order valence-electron chi connectivity index (χ1n) is 7.33. The molecule has 0 radical (unpaired) electrons. The van der Waals surface area contributed by atoms with E-state index in [1.807, 2.05) is 58.0 Å². The Balaban J connectivity index is 1.91. The van der Waals surface area contributed by atoms with Crippen LogP contribution in [0, 0.1) is 0 Å². The van der Waals surface area contributed by atoms with Crippen LogP contribution in [0.25, 0.3) is 10.4 Å². The van der Waals surface area contributed by atoms with Gasteiger partial charge in [0.1, 0.15) is 0 Å². The molecule has 1 aliphatic rings. The molecule has 2 aromatic rings. The normalized spacial score (nSPS) is 19.4. The van der Waals surface area contributed by atoms with Crippen LogP contribution < -0.4 is 5.46 Å².